The number of halogens is 2. The number of fused-ring (bicyclic) bond motifs is 2. The molecule has 0 radical (unpaired) electrons. The number of aromatic nitrogens is 5. The molecule has 0 atom stereocenters. The number of carboxylic acid groups (broad SMARTS) is 1. The van der Waals surface area contributed by atoms with Crippen molar-refractivity contribution in [2.75, 3.05) is 0 Å². The Kier molecular flexibility index (Phi) is 9.43. The van der Waals surface area contributed by atoms with Gasteiger partial charge in [0.1, 0.15) is 33.1 Å². The Bertz CT molecular complexity index is 2410. The molecule has 5 heterocycles. The number of hydrogen-bond donors (Lipinski definition) is 2. The molecule has 0 aliphatic rings. The van der Waals surface area contributed by atoms with Crippen LogP contribution >= 0.6 is 11.3 Å². The van der Waals surface area contributed by atoms with Gasteiger partial charge in [-0.1, -0.05) is 24.3 Å². The average molecular weight is 683 g/mol. The zero-order valence-corrected chi connectivity index (χ0v) is 26.1. The highest BCUT2D eigenvalue weighted by molar-refractivity contribution is 7.20. The smallest absolute Gasteiger partial charge is 0.345 e. The number of aromatic carboxylic acids is 1. The van der Waals surface area contributed by atoms with E-state index in [2.05, 4.69) is 20.3 Å². The van der Waals surface area contributed by atoms with Gasteiger partial charge in [-0.2, -0.15) is 0 Å². The van der Waals surface area contributed by atoms with Crippen LogP contribution in [0.1, 0.15) is 36.9 Å². The molecule has 1 amide bonds. The average Bonchev–Trinajstić information content (AvgIpc) is 3.75. The molecular weight excluding hydrogens is 658 g/mol. The monoisotopic (exact) mass is 682 g/mol. The topological polar surface area (TPSA) is 162 Å². The zero-order valence-electron chi connectivity index (χ0n) is 25.2. The van der Waals surface area contributed by atoms with E-state index in [1.54, 1.807) is 48.8 Å². The first-order valence-corrected chi connectivity index (χ1v) is 15.3. The maximum Gasteiger partial charge on any atom is 0.345 e. The summed E-state index contributed by atoms with van der Waals surface area (Å²) in [5.41, 5.74) is 1.84. The van der Waals surface area contributed by atoms with E-state index in [0.29, 0.717) is 11.4 Å². The van der Waals surface area contributed by atoms with E-state index < -0.39 is 11.9 Å². The summed E-state index contributed by atoms with van der Waals surface area (Å²) in [6, 6.07) is 17.9. The molecule has 0 fully saturated rings. The van der Waals surface area contributed by atoms with Gasteiger partial charge in [-0.25, -0.2) is 23.5 Å². The van der Waals surface area contributed by atoms with Gasteiger partial charge in [0.05, 0.1) is 24.8 Å². The Morgan fingerprint density at radius 3 is 1.94 bits per heavy atom. The van der Waals surface area contributed by atoms with Crippen LogP contribution in [-0.4, -0.2) is 41.1 Å². The molecule has 7 aromatic rings. The lowest BCUT2D eigenvalue weighted by molar-refractivity contribution is 0.0702. The van der Waals surface area contributed by atoms with Crippen LogP contribution in [0.25, 0.3) is 21.3 Å². The Balaban J connectivity index is 0.000000177. The first kappa shape index (κ1) is 32.6. The van der Waals surface area contributed by atoms with Crippen molar-refractivity contribution in [1.82, 2.24) is 29.4 Å². The van der Waals surface area contributed by atoms with Crippen molar-refractivity contribution in [3.05, 3.63) is 158 Å². The molecule has 0 saturated carbocycles. The summed E-state index contributed by atoms with van der Waals surface area (Å²) < 4.78 is 34.1. The number of nitrogens with zero attached hydrogens (tertiary/aromatic N) is 5. The number of carboxylic acids is 1. The fourth-order valence-corrected chi connectivity index (χ4v) is 5.53. The summed E-state index contributed by atoms with van der Waals surface area (Å²) in [6.07, 6.45) is 5.98. The van der Waals surface area contributed by atoms with Gasteiger partial charge < -0.3 is 14.8 Å². The van der Waals surface area contributed by atoms with Crippen LogP contribution < -0.4 is 16.4 Å². The highest BCUT2D eigenvalue weighted by atomic mass is 32.1. The summed E-state index contributed by atoms with van der Waals surface area (Å²) in [6.45, 7) is 0.789. The maximum atomic E-state index is 13.0. The van der Waals surface area contributed by atoms with Crippen LogP contribution in [-0.2, 0) is 19.6 Å². The van der Waals surface area contributed by atoms with E-state index in [9.17, 15) is 28.0 Å². The molecule has 0 saturated heterocycles. The number of carbonyl (C=O) groups excluding carboxylic acids is 1. The Morgan fingerprint density at radius 1 is 0.776 bits per heavy atom. The van der Waals surface area contributed by atoms with E-state index in [-0.39, 0.29) is 63.0 Å². The fraction of sp³-hybridized carbons (Fsp3) is 0.0882. The molecule has 49 heavy (non-hydrogen) atoms. The lowest BCUT2D eigenvalue weighted by atomic mass is 10.2. The summed E-state index contributed by atoms with van der Waals surface area (Å²) in [7, 11) is 0. The van der Waals surface area contributed by atoms with Crippen LogP contribution in [0.4, 0.5) is 8.78 Å². The predicted octanol–water partition coefficient (Wildman–Crippen LogP) is 4.85. The standard InChI is InChI=1S/C20H15FN4O3.C14H9FN2O3S/c21-15-3-1-14(2-4-15)11-25-12-24-19-16(20(25)27)9-17(28-19)18(26)23-10-13-5-7-22-8-6-13;15-9-3-1-8(2-4-9)6-17-7-16-12-10(13(17)18)5-11(21-12)14(19)20/h1-9,12H,10-11H2,(H,23,26);1-5,7H,6H2,(H,19,20). The lowest BCUT2D eigenvalue weighted by Gasteiger charge is -2.05. The van der Waals surface area contributed by atoms with Crippen molar-refractivity contribution in [2.24, 2.45) is 0 Å². The molecule has 0 spiro atoms. The van der Waals surface area contributed by atoms with E-state index in [4.69, 9.17) is 9.52 Å². The maximum absolute atomic E-state index is 13.0. The van der Waals surface area contributed by atoms with Gasteiger partial charge in [-0.15, -0.1) is 11.3 Å². The molecular formula is C34H24F2N6O6S. The van der Waals surface area contributed by atoms with E-state index in [0.717, 1.165) is 28.0 Å². The minimum absolute atomic E-state index is 0.00758. The van der Waals surface area contributed by atoms with Gasteiger partial charge >= 0.3 is 5.97 Å². The number of rotatable bonds is 8. The van der Waals surface area contributed by atoms with E-state index >= 15 is 0 Å². The second-order valence-corrected chi connectivity index (χ2v) is 11.6. The van der Waals surface area contributed by atoms with Crippen LogP contribution in [0.3, 0.4) is 0 Å². The highest BCUT2D eigenvalue weighted by Gasteiger charge is 2.17. The summed E-state index contributed by atoms with van der Waals surface area (Å²) in [5, 5.41) is 12.2. The number of benzene rings is 2. The fourth-order valence-electron chi connectivity index (χ4n) is 4.71. The lowest BCUT2D eigenvalue weighted by Crippen LogP contribution is -2.22. The van der Waals surface area contributed by atoms with Gasteiger partial charge in [-0.05, 0) is 59.2 Å². The van der Waals surface area contributed by atoms with Crippen molar-refractivity contribution in [3.63, 3.8) is 0 Å². The number of nitrogens with one attached hydrogen (secondary N) is 1. The molecule has 0 aliphatic heterocycles. The Hall–Kier alpha value is -6.35. The SMILES string of the molecule is O=C(NCc1ccncc1)c1cc2c(=O)n(Cc3ccc(F)cc3)cnc2o1.O=C(O)c1cc2c(=O)n(Cc3ccc(F)cc3)cnc2s1. The van der Waals surface area contributed by atoms with E-state index in [1.165, 1.54) is 58.2 Å². The first-order valence-electron chi connectivity index (χ1n) is 14.5. The van der Waals surface area contributed by atoms with E-state index in [1.807, 2.05) is 0 Å². The normalized spacial score (nSPS) is 10.9. The molecule has 0 aliphatic carbocycles. The second kappa shape index (κ2) is 14.2. The minimum atomic E-state index is -1.08. The van der Waals surface area contributed by atoms with Gasteiger partial charge in [0.15, 0.2) is 5.76 Å². The third-order valence-corrected chi connectivity index (χ3v) is 8.24. The Labute approximate surface area is 278 Å². The molecule has 12 nitrogen and oxygen atoms in total. The van der Waals surface area contributed by atoms with Gasteiger partial charge in [0, 0.05) is 25.0 Å². The molecule has 2 N–H and O–H groups in total. The summed E-state index contributed by atoms with van der Waals surface area (Å²) in [5.74, 6) is -2.21. The largest absolute Gasteiger partial charge is 0.477 e. The molecule has 246 valence electrons. The third-order valence-electron chi connectivity index (χ3n) is 7.21. The number of furan rings is 1. The van der Waals surface area contributed by atoms with Crippen LogP contribution in [0.15, 0.2) is 112 Å². The number of pyridine rings is 1. The molecule has 0 bridgehead atoms. The van der Waals surface area contributed by atoms with Crippen LogP contribution in [0.2, 0.25) is 0 Å². The quantitative estimate of drug-likeness (QED) is 0.228. The van der Waals surface area contributed by atoms with Crippen molar-refractivity contribution in [1.29, 1.82) is 0 Å². The number of hydrogen-bond acceptors (Lipinski definition) is 9. The molecule has 2 aromatic carbocycles. The van der Waals surface area contributed by atoms with Gasteiger partial charge in [0.25, 0.3) is 17.0 Å². The van der Waals surface area contributed by atoms with Crippen molar-refractivity contribution in [3.8, 4) is 0 Å². The van der Waals surface area contributed by atoms with Gasteiger partial charge in [0.2, 0.25) is 5.71 Å². The number of amides is 1. The van der Waals surface area contributed by atoms with Crippen molar-refractivity contribution in [2.45, 2.75) is 19.6 Å². The molecule has 7 rings (SSSR count). The molecule has 0 unspecified atom stereocenters. The summed E-state index contributed by atoms with van der Waals surface area (Å²) in [4.78, 5) is 60.8. The number of carbonyl (C=O) groups is 2. The zero-order chi connectivity index (χ0) is 34.5. The second-order valence-electron chi connectivity index (χ2n) is 10.6. The highest BCUT2D eigenvalue weighted by Crippen LogP contribution is 2.21. The molecule has 5 aromatic heterocycles. The van der Waals surface area contributed by atoms with Crippen molar-refractivity contribution < 1.29 is 27.9 Å². The molecule has 15 heteroatoms. The van der Waals surface area contributed by atoms with Crippen LogP contribution in [0, 0.1) is 11.6 Å². The van der Waals surface area contributed by atoms with Crippen LogP contribution in [0.5, 0.6) is 0 Å². The van der Waals surface area contributed by atoms with Crippen molar-refractivity contribution >= 4 is 44.5 Å². The first-order chi connectivity index (χ1) is 23.6. The minimum Gasteiger partial charge on any atom is -0.477 e. The predicted molar refractivity (Wildman–Crippen MR) is 176 cm³/mol. The number of thiophene rings is 1. The summed E-state index contributed by atoms with van der Waals surface area (Å²) >= 11 is 0.963. The Morgan fingerprint density at radius 2 is 1.35 bits per heavy atom. The van der Waals surface area contributed by atoms with Gasteiger partial charge in [-0.3, -0.25) is 28.5 Å². The third kappa shape index (κ3) is 7.63.